The molecule has 3 rings (SSSR count). The van der Waals surface area contributed by atoms with E-state index in [1.54, 1.807) is 0 Å². The number of nitrogens with zero attached hydrogens (tertiary/aromatic N) is 4. The maximum absolute atomic E-state index is 13.6. The lowest BCUT2D eigenvalue weighted by atomic mass is 9.97. The fraction of sp³-hybridized carbons (Fsp3) is 0.462. The first kappa shape index (κ1) is 15.6. The normalized spacial score (nSPS) is 18.0. The maximum Gasteiger partial charge on any atom is 0.392 e. The molecule has 3 heterocycles. The number of fused-ring (bicyclic) bond motifs is 1. The SMILES string of the molecule is O=c1n(Cc2ncc(F)cc2F)nc2n1CC[C@@H](C(F)(F)F)C2. The van der Waals surface area contributed by atoms with E-state index in [0.717, 1.165) is 15.4 Å². The van der Waals surface area contributed by atoms with Crippen LogP contribution in [0.5, 0.6) is 0 Å². The van der Waals surface area contributed by atoms with E-state index in [1.165, 1.54) is 0 Å². The first-order chi connectivity index (χ1) is 10.8. The summed E-state index contributed by atoms with van der Waals surface area (Å²) >= 11 is 0. The molecule has 0 saturated carbocycles. The number of hydrogen-bond donors (Lipinski definition) is 0. The van der Waals surface area contributed by atoms with Gasteiger partial charge in [-0.3, -0.25) is 9.55 Å². The second kappa shape index (κ2) is 5.43. The molecule has 0 radical (unpaired) electrons. The van der Waals surface area contributed by atoms with Crippen molar-refractivity contribution in [1.29, 1.82) is 0 Å². The molecule has 1 aliphatic heterocycles. The Morgan fingerprint density at radius 2 is 2.04 bits per heavy atom. The van der Waals surface area contributed by atoms with Crippen LogP contribution >= 0.6 is 0 Å². The molecule has 1 atom stereocenters. The summed E-state index contributed by atoms with van der Waals surface area (Å²) in [4.78, 5) is 15.6. The molecule has 2 aromatic rings. The summed E-state index contributed by atoms with van der Waals surface area (Å²) in [6.45, 7) is -0.473. The zero-order valence-electron chi connectivity index (χ0n) is 11.6. The minimum Gasteiger partial charge on any atom is -0.279 e. The molecule has 2 aromatic heterocycles. The molecule has 0 fully saturated rings. The fourth-order valence-electron chi connectivity index (χ4n) is 2.55. The van der Waals surface area contributed by atoms with Gasteiger partial charge in [0.25, 0.3) is 0 Å². The zero-order valence-corrected chi connectivity index (χ0v) is 11.6. The van der Waals surface area contributed by atoms with Gasteiger partial charge in [-0.2, -0.15) is 18.3 Å². The molecule has 23 heavy (non-hydrogen) atoms. The van der Waals surface area contributed by atoms with Gasteiger partial charge >= 0.3 is 11.9 Å². The van der Waals surface area contributed by atoms with Crippen LogP contribution in [0, 0.1) is 17.6 Å². The van der Waals surface area contributed by atoms with Crippen molar-refractivity contribution in [2.75, 3.05) is 0 Å². The van der Waals surface area contributed by atoms with Gasteiger partial charge in [-0.1, -0.05) is 0 Å². The van der Waals surface area contributed by atoms with E-state index < -0.39 is 35.8 Å². The maximum atomic E-state index is 13.6. The van der Waals surface area contributed by atoms with Crippen molar-refractivity contribution >= 4 is 0 Å². The Balaban J connectivity index is 1.89. The Labute approximate surface area is 126 Å². The Bertz CT molecular complexity index is 795. The molecule has 0 amide bonds. The van der Waals surface area contributed by atoms with Gasteiger partial charge in [0.05, 0.1) is 24.4 Å². The van der Waals surface area contributed by atoms with Gasteiger partial charge in [-0.05, 0) is 6.42 Å². The van der Waals surface area contributed by atoms with E-state index in [4.69, 9.17) is 0 Å². The third-order valence-electron chi connectivity index (χ3n) is 3.78. The molecule has 1 aliphatic rings. The summed E-state index contributed by atoms with van der Waals surface area (Å²) in [5, 5.41) is 3.84. The smallest absolute Gasteiger partial charge is 0.279 e. The van der Waals surface area contributed by atoms with Crippen LogP contribution in [0.4, 0.5) is 22.0 Å². The molecular formula is C13H11F5N4O. The van der Waals surface area contributed by atoms with Crippen LogP contribution in [0.15, 0.2) is 17.1 Å². The quantitative estimate of drug-likeness (QED) is 0.788. The van der Waals surface area contributed by atoms with Crippen LogP contribution in [-0.2, 0) is 19.5 Å². The minimum absolute atomic E-state index is 0.00564. The second-order valence-corrected chi connectivity index (χ2v) is 5.32. The van der Waals surface area contributed by atoms with Gasteiger partial charge < -0.3 is 0 Å². The van der Waals surface area contributed by atoms with Gasteiger partial charge in [-0.15, -0.1) is 0 Å². The molecule has 0 bridgehead atoms. The van der Waals surface area contributed by atoms with Gasteiger partial charge in [0.2, 0.25) is 0 Å². The van der Waals surface area contributed by atoms with E-state index in [0.29, 0.717) is 6.07 Å². The summed E-state index contributed by atoms with van der Waals surface area (Å²) in [5.41, 5.74) is -0.845. The molecule has 0 saturated heterocycles. The Kier molecular flexibility index (Phi) is 3.69. The molecule has 10 heteroatoms. The lowest BCUT2D eigenvalue weighted by molar-refractivity contribution is -0.179. The van der Waals surface area contributed by atoms with E-state index in [-0.39, 0.29) is 31.0 Å². The predicted molar refractivity (Wildman–Crippen MR) is 67.6 cm³/mol. The number of aromatic nitrogens is 4. The molecule has 0 spiro atoms. The van der Waals surface area contributed by atoms with E-state index in [9.17, 15) is 26.7 Å². The van der Waals surface area contributed by atoms with Crippen LogP contribution in [0.1, 0.15) is 17.9 Å². The van der Waals surface area contributed by atoms with Crippen molar-refractivity contribution in [1.82, 2.24) is 19.3 Å². The van der Waals surface area contributed by atoms with Gasteiger partial charge in [0.1, 0.15) is 17.5 Å². The highest BCUT2D eigenvalue weighted by Gasteiger charge is 2.42. The van der Waals surface area contributed by atoms with Gasteiger partial charge in [-0.25, -0.2) is 18.3 Å². The van der Waals surface area contributed by atoms with Crippen LogP contribution in [0.25, 0.3) is 0 Å². The summed E-state index contributed by atoms with van der Waals surface area (Å²) < 4.78 is 66.7. The number of halogens is 5. The molecule has 124 valence electrons. The molecule has 0 unspecified atom stereocenters. The largest absolute Gasteiger partial charge is 0.392 e. The highest BCUT2D eigenvalue weighted by atomic mass is 19.4. The van der Waals surface area contributed by atoms with Crippen molar-refractivity contribution in [3.8, 4) is 0 Å². The summed E-state index contributed by atoms with van der Waals surface area (Å²) in [6, 6.07) is 0.614. The van der Waals surface area contributed by atoms with Crippen LogP contribution in [0.2, 0.25) is 0 Å². The Morgan fingerprint density at radius 3 is 2.70 bits per heavy atom. The predicted octanol–water partition coefficient (Wildman–Crippen LogP) is 1.89. The third kappa shape index (κ3) is 2.97. The van der Waals surface area contributed by atoms with E-state index in [2.05, 4.69) is 10.1 Å². The highest BCUT2D eigenvalue weighted by Crippen LogP contribution is 2.33. The molecule has 0 aliphatic carbocycles. The lowest BCUT2D eigenvalue weighted by Gasteiger charge is -2.23. The third-order valence-corrected chi connectivity index (χ3v) is 3.78. The molecule has 5 nitrogen and oxygen atoms in total. The number of hydrogen-bond acceptors (Lipinski definition) is 3. The summed E-state index contributed by atoms with van der Waals surface area (Å²) in [6.07, 6.45) is -4.16. The molecule has 0 N–H and O–H groups in total. The summed E-state index contributed by atoms with van der Waals surface area (Å²) in [5.74, 6) is -3.36. The summed E-state index contributed by atoms with van der Waals surface area (Å²) in [7, 11) is 0. The van der Waals surface area contributed by atoms with Crippen molar-refractivity contribution in [3.05, 3.63) is 45.9 Å². The number of pyridine rings is 1. The van der Waals surface area contributed by atoms with Crippen LogP contribution in [-0.4, -0.2) is 25.5 Å². The first-order valence-electron chi connectivity index (χ1n) is 6.79. The Hall–Kier alpha value is -2.26. The van der Waals surface area contributed by atoms with E-state index >= 15 is 0 Å². The average Bonchev–Trinajstić information content (AvgIpc) is 2.77. The second-order valence-electron chi connectivity index (χ2n) is 5.32. The van der Waals surface area contributed by atoms with Crippen LogP contribution < -0.4 is 5.69 Å². The van der Waals surface area contributed by atoms with E-state index in [1.807, 2.05) is 0 Å². The van der Waals surface area contributed by atoms with Crippen molar-refractivity contribution in [2.24, 2.45) is 5.92 Å². The van der Waals surface area contributed by atoms with Crippen molar-refractivity contribution in [2.45, 2.75) is 32.1 Å². The number of rotatable bonds is 2. The first-order valence-corrected chi connectivity index (χ1v) is 6.79. The van der Waals surface area contributed by atoms with Gasteiger partial charge in [0, 0.05) is 19.0 Å². The standard InChI is InChI=1S/C13H11F5N4O/c14-8-4-9(15)10(19-5-8)6-22-12(23)21-2-1-7(13(16,17)18)3-11(21)20-22/h4-5,7H,1-3,6H2/t7-/m1/s1. The minimum atomic E-state index is -4.35. The monoisotopic (exact) mass is 334 g/mol. The Morgan fingerprint density at radius 1 is 1.30 bits per heavy atom. The zero-order chi connectivity index (χ0) is 16.8. The number of alkyl halides is 3. The van der Waals surface area contributed by atoms with Crippen molar-refractivity contribution < 1.29 is 22.0 Å². The average molecular weight is 334 g/mol. The molecular weight excluding hydrogens is 323 g/mol. The highest BCUT2D eigenvalue weighted by molar-refractivity contribution is 5.09. The fourth-order valence-corrected chi connectivity index (χ4v) is 2.55. The molecule has 0 aromatic carbocycles. The lowest BCUT2D eigenvalue weighted by Crippen LogP contribution is -2.34. The van der Waals surface area contributed by atoms with Crippen molar-refractivity contribution in [3.63, 3.8) is 0 Å². The van der Waals surface area contributed by atoms with Crippen LogP contribution in [0.3, 0.4) is 0 Å². The van der Waals surface area contributed by atoms with Gasteiger partial charge in [0.15, 0.2) is 0 Å². The topological polar surface area (TPSA) is 52.7 Å².